The van der Waals surface area contributed by atoms with Crippen molar-refractivity contribution in [2.45, 2.75) is 45.7 Å². The van der Waals surface area contributed by atoms with Crippen LogP contribution in [0.4, 0.5) is 10.6 Å². The molecule has 0 bridgehead atoms. The number of carbonyl (C=O) groups is 3. The average molecular weight is 374 g/mol. The lowest BCUT2D eigenvalue weighted by molar-refractivity contribution is -0.136. The lowest BCUT2D eigenvalue weighted by Crippen LogP contribution is -2.42. The quantitative estimate of drug-likeness (QED) is 0.752. The van der Waals surface area contributed by atoms with E-state index in [1.165, 1.54) is 4.90 Å². The lowest BCUT2D eigenvalue weighted by atomic mass is 10.0. The fraction of sp³-hybridized carbons (Fsp3) is 0.611. The van der Waals surface area contributed by atoms with Gasteiger partial charge in [-0.15, -0.1) is 0 Å². The lowest BCUT2D eigenvalue weighted by Gasteiger charge is -2.31. The van der Waals surface area contributed by atoms with Crippen LogP contribution in [0.15, 0.2) is 0 Å². The fourth-order valence-corrected chi connectivity index (χ4v) is 3.57. The van der Waals surface area contributed by atoms with E-state index in [-0.39, 0.29) is 18.2 Å². The molecule has 0 aromatic carbocycles. The molecule has 0 aliphatic carbocycles. The molecule has 0 spiro atoms. The Morgan fingerprint density at radius 3 is 2.70 bits per heavy atom. The van der Waals surface area contributed by atoms with Crippen LogP contribution in [0.3, 0.4) is 0 Å². The summed E-state index contributed by atoms with van der Waals surface area (Å²) in [4.78, 5) is 50.8. The SMILES string of the molecule is CCCN1C(=O)N[C@H](CC(=O)N2CCc3c(nc(C)nc3N(C)C)C2)C1=O. The second kappa shape index (κ2) is 7.50. The number of aryl methyl sites for hydroxylation is 1. The van der Waals surface area contributed by atoms with Gasteiger partial charge in [-0.05, 0) is 19.8 Å². The van der Waals surface area contributed by atoms with Crippen LogP contribution < -0.4 is 10.2 Å². The highest BCUT2D eigenvalue weighted by atomic mass is 16.2. The van der Waals surface area contributed by atoms with Crippen LogP contribution in [-0.2, 0) is 22.6 Å². The first kappa shape index (κ1) is 19.1. The number of urea groups is 1. The molecule has 27 heavy (non-hydrogen) atoms. The molecule has 3 heterocycles. The first-order chi connectivity index (χ1) is 12.8. The van der Waals surface area contributed by atoms with Gasteiger partial charge in [0.2, 0.25) is 5.91 Å². The Bertz CT molecular complexity index is 779. The van der Waals surface area contributed by atoms with Crippen LogP contribution in [0.1, 0.15) is 36.8 Å². The minimum atomic E-state index is -0.776. The summed E-state index contributed by atoms with van der Waals surface area (Å²) in [5, 5.41) is 2.62. The Hall–Kier alpha value is -2.71. The predicted molar refractivity (Wildman–Crippen MR) is 99.2 cm³/mol. The number of aromatic nitrogens is 2. The molecule has 9 nitrogen and oxygen atoms in total. The normalized spacial score (nSPS) is 19.2. The van der Waals surface area contributed by atoms with E-state index < -0.39 is 12.1 Å². The van der Waals surface area contributed by atoms with Crippen molar-refractivity contribution in [3.63, 3.8) is 0 Å². The number of hydrogen-bond acceptors (Lipinski definition) is 6. The maximum atomic E-state index is 12.7. The Morgan fingerprint density at radius 1 is 1.30 bits per heavy atom. The maximum absolute atomic E-state index is 12.7. The maximum Gasteiger partial charge on any atom is 0.324 e. The zero-order valence-corrected chi connectivity index (χ0v) is 16.3. The standard InChI is InChI=1S/C18H26N6O3/c1-5-7-24-17(26)13(21-18(24)27)9-15(25)23-8-6-12-14(10-23)19-11(2)20-16(12)22(3)4/h13H,5-10H2,1-4H3,(H,21,27)/t13-/m1/s1. The molecule has 9 heteroatoms. The summed E-state index contributed by atoms with van der Waals surface area (Å²) in [5.74, 6) is 1.08. The number of hydrogen-bond donors (Lipinski definition) is 1. The smallest absolute Gasteiger partial charge is 0.324 e. The third-order valence-corrected chi connectivity index (χ3v) is 4.86. The minimum Gasteiger partial charge on any atom is -0.362 e. The van der Waals surface area contributed by atoms with Gasteiger partial charge in [0.05, 0.1) is 18.7 Å². The van der Waals surface area contributed by atoms with Crippen LogP contribution >= 0.6 is 0 Å². The van der Waals surface area contributed by atoms with Gasteiger partial charge in [0, 0.05) is 32.7 Å². The molecule has 1 saturated heterocycles. The molecule has 4 amide bonds. The second-order valence-electron chi connectivity index (χ2n) is 7.18. The number of rotatable bonds is 5. The van der Waals surface area contributed by atoms with E-state index in [0.717, 1.165) is 17.1 Å². The molecule has 2 aliphatic heterocycles. The highest BCUT2D eigenvalue weighted by Crippen LogP contribution is 2.26. The van der Waals surface area contributed by atoms with Crippen LogP contribution in [0.2, 0.25) is 0 Å². The largest absolute Gasteiger partial charge is 0.362 e. The van der Waals surface area contributed by atoms with E-state index in [9.17, 15) is 14.4 Å². The van der Waals surface area contributed by atoms with Crippen LogP contribution in [0.25, 0.3) is 0 Å². The molecule has 2 aliphatic rings. The van der Waals surface area contributed by atoms with Crippen molar-refractivity contribution in [3.05, 3.63) is 17.1 Å². The average Bonchev–Trinajstić information content (AvgIpc) is 2.88. The molecule has 0 radical (unpaired) electrons. The minimum absolute atomic E-state index is 0.0231. The monoisotopic (exact) mass is 374 g/mol. The molecule has 0 saturated carbocycles. The Labute approximate surface area is 158 Å². The molecule has 3 rings (SSSR count). The zero-order valence-electron chi connectivity index (χ0n) is 16.3. The molecule has 1 aromatic rings. The second-order valence-corrected chi connectivity index (χ2v) is 7.18. The summed E-state index contributed by atoms with van der Waals surface area (Å²) >= 11 is 0. The molecule has 1 fully saturated rings. The first-order valence-corrected chi connectivity index (χ1v) is 9.25. The highest BCUT2D eigenvalue weighted by Gasteiger charge is 2.39. The molecule has 1 aromatic heterocycles. The fourth-order valence-electron chi connectivity index (χ4n) is 3.57. The van der Waals surface area contributed by atoms with E-state index >= 15 is 0 Å². The van der Waals surface area contributed by atoms with Gasteiger partial charge in [-0.2, -0.15) is 0 Å². The number of anilines is 1. The predicted octanol–water partition coefficient (Wildman–Crippen LogP) is 0.456. The van der Waals surface area contributed by atoms with Crippen molar-refractivity contribution < 1.29 is 14.4 Å². The van der Waals surface area contributed by atoms with E-state index in [1.54, 1.807) is 4.90 Å². The summed E-state index contributed by atoms with van der Waals surface area (Å²) < 4.78 is 0. The molecule has 1 atom stereocenters. The van der Waals surface area contributed by atoms with Crippen molar-refractivity contribution in [1.29, 1.82) is 0 Å². The van der Waals surface area contributed by atoms with Gasteiger partial charge in [-0.3, -0.25) is 14.5 Å². The summed E-state index contributed by atoms with van der Waals surface area (Å²) in [5.41, 5.74) is 1.91. The van der Waals surface area contributed by atoms with Crippen molar-refractivity contribution in [1.82, 2.24) is 25.1 Å². The van der Waals surface area contributed by atoms with Gasteiger partial charge in [0.25, 0.3) is 5.91 Å². The number of nitrogens with zero attached hydrogens (tertiary/aromatic N) is 5. The van der Waals surface area contributed by atoms with E-state index in [1.807, 2.05) is 32.8 Å². The van der Waals surface area contributed by atoms with Gasteiger partial charge in [-0.25, -0.2) is 14.8 Å². The Balaban J connectivity index is 1.70. The van der Waals surface area contributed by atoms with Crippen LogP contribution in [0.5, 0.6) is 0 Å². The molecule has 0 unspecified atom stereocenters. The third kappa shape index (κ3) is 3.72. The number of fused-ring (bicyclic) bond motifs is 1. The first-order valence-electron chi connectivity index (χ1n) is 9.25. The molecule has 1 N–H and O–H groups in total. The number of nitrogens with one attached hydrogen (secondary N) is 1. The van der Waals surface area contributed by atoms with E-state index in [2.05, 4.69) is 15.3 Å². The summed E-state index contributed by atoms with van der Waals surface area (Å²) in [6.07, 6.45) is 1.34. The molecule has 146 valence electrons. The highest BCUT2D eigenvalue weighted by molar-refractivity contribution is 6.05. The topological polar surface area (TPSA) is 98.7 Å². The Morgan fingerprint density at radius 2 is 2.04 bits per heavy atom. The van der Waals surface area contributed by atoms with Crippen molar-refractivity contribution in [2.24, 2.45) is 0 Å². The van der Waals surface area contributed by atoms with Crippen LogP contribution in [-0.4, -0.2) is 70.8 Å². The summed E-state index contributed by atoms with van der Waals surface area (Å²) in [6, 6.07) is -1.19. The van der Waals surface area contributed by atoms with Gasteiger partial charge in [0.1, 0.15) is 17.7 Å². The van der Waals surface area contributed by atoms with Crippen LogP contribution in [0, 0.1) is 6.92 Å². The van der Waals surface area contributed by atoms with Gasteiger partial charge in [-0.1, -0.05) is 6.92 Å². The van der Waals surface area contributed by atoms with Gasteiger partial charge in [0.15, 0.2) is 0 Å². The number of carbonyl (C=O) groups excluding carboxylic acids is 3. The number of imide groups is 1. The molecular weight excluding hydrogens is 348 g/mol. The third-order valence-electron chi connectivity index (χ3n) is 4.86. The van der Waals surface area contributed by atoms with Crippen molar-refractivity contribution >= 4 is 23.7 Å². The van der Waals surface area contributed by atoms with Gasteiger partial charge >= 0.3 is 6.03 Å². The van der Waals surface area contributed by atoms with E-state index in [0.29, 0.717) is 38.3 Å². The van der Waals surface area contributed by atoms with Crippen molar-refractivity contribution in [3.8, 4) is 0 Å². The zero-order chi connectivity index (χ0) is 19.7. The number of amides is 4. The van der Waals surface area contributed by atoms with Crippen molar-refractivity contribution in [2.75, 3.05) is 32.1 Å². The van der Waals surface area contributed by atoms with E-state index in [4.69, 9.17) is 0 Å². The van der Waals surface area contributed by atoms with Gasteiger partial charge < -0.3 is 15.1 Å². The summed E-state index contributed by atoms with van der Waals surface area (Å²) in [6.45, 7) is 5.05. The summed E-state index contributed by atoms with van der Waals surface area (Å²) in [7, 11) is 3.88. The molecular formula is C18H26N6O3. The Kier molecular flexibility index (Phi) is 5.29.